The second-order valence-electron chi connectivity index (χ2n) is 5.05. The van der Waals surface area contributed by atoms with Gasteiger partial charge in [0.15, 0.2) is 0 Å². The minimum Gasteiger partial charge on any atom is -0.381 e. The van der Waals surface area contributed by atoms with E-state index in [0.29, 0.717) is 12.5 Å². The molecule has 98 valence electrons. The fourth-order valence-electron chi connectivity index (χ4n) is 2.80. The molecular formula is C13H18N2O2S. The number of rotatable bonds is 2. The fraction of sp³-hybridized carbons (Fsp3) is 0.692. The summed E-state index contributed by atoms with van der Waals surface area (Å²) in [6.45, 7) is 3.08. The average Bonchev–Trinajstić information content (AvgIpc) is 3.11. The predicted molar refractivity (Wildman–Crippen MR) is 69.6 cm³/mol. The smallest absolute Gasteiger partial charge is 0.228 e. The van der Waals surface area contributed by atoms with Crippen molar-refractivity contribution in [3.63, 3.8) is 0 Å². The van der Waals surface area contributed by atoms with Crippen LogP contribution in [0.4, 0.5) is 0 Å². The van der Waals surface area contributed by atoms with Crippen LogP contribution in [0.2, 0.25) is 0 Å². The molecule has 18 heavy (non-hydrogen) atoms. The standard InChI is InChI=1S/C13H18N2O2S/c16-13(11-3-6-17-9-11)15-5-1-2-10(8-15)12-14-4-7-18-12/h4,7,10-11H,1-3,5-6,8-9H2/t10-,11+/m0/s1. The Kier molecular flexibility index (Phi) is 3.61. The van der Waals surface area contributed by atoms with Crippen LogP contribution in [0.1, 0.15) is 30.2 Å². The Morgan fingerprint density at radius 2 is 2.44 bits per heavy atom. The molecule has 2 atom stereocenters. The van der Waals surface area contributed by atoms with Crippen molar-refractivity contribution in [3.05, 3.63) is 16.6 Å². The van der Waals surface area contributed by atoms with Crippen molar-refractivity contribution >= 4 is 17.2 Å². The van der Waals surface area contributed by atoms with Gasteiger partial charge in [-0.1, -0.05) is 0 Å². The lowest BCUT2D eigenvalue weighted by Crippen LogP contribution is -2.42. The highest BCUT2D eigenvalue weighted by molar-refractivity contribution is 7.09. The van der Waals surface area contributed by atoms with Gasteiger partial charge in [0.05, 0.1) is 17.5 Å². The van der Waals surface area contributed by atoms with E-state index >= 15 is 0 Å². The molecule has 0 radical (unpaired) electrons. The van der Waals surface area contributed by atoms with E-state index in [1.165, 1.54) is 5.01 Å². The molecule has 0 saturated carbocycles. The third-order valence-corrected chi connectivity index (χ3v) is 4.75. The number of hydrogen-bond donors (Lipinski definition) is 0. The number of aromatic nitrogens is 1. The highest BCUT2D eigenvalue weighted by Gasteiger charge is 2.32. The summed E-state index contributed by atoms with van der Waals surface area (Å²) in [5.41, 5.74) is 0. The summed E-state index contributed by atoms with van der Waals surface area (Å²) in [5, 5.41) is 3.19. The number of likely N-dealkylation sites (tertiary alicyclic amines) is 1. The van der Waals surface area contributed by atoms with E-state index in [1.54, 1.807) is 11.3 Å². The zero-order chi connectivity index (χ0) is 12.4. The lowest BCUT2D eigenvalue weighted by molar-refractivity contribution is -0.136. The number of piperidine rings is 1. The molecule has 0 aliphatic carbocycles. The largest absolute Gasteiger partial charge is 0.381 e. The van der Waals surface area contributed by atoms with Gasteiger partial charge in [0.1, 0.15) is 0 Å². The zero-order valence-corrected chi connectivity index (χ0v) is 11.2. The summed E-state index contributed by atoms with van der Waals surface area (Å²) in [4.78, 5) is 18.8. The molecule has 0 spiro atoms. The molecule has 0 N–H and O–H groups in total. The van der Waals surface area contributed by atoms with Crippen LogP contribution in [-0.2, 0) is 9.53 Å². The maximum atomic E-state index is 12.3. The minimum atomic E-state index is 0.0973. The number of carbonyl (C=O) groups is 1. The lowest BCUT2D eigenvalue weighted by atomic mass is 9.97. The second-order valence-corrected chi connectivity index (χ2v) is 5.98. The van der Waals surface area contributed by atoms with Gasteiger partial charge in [-0.2, -0.15) is 0 Å². The Balaban J connectivity index is 1.64. The van der Waals surface area contributed by atoms with Gasteiger partial charge in [0, 0.05) is 37.2 Å². The van der Waals surface area contributed by atoms with E-state index in [2.05, 4.69) is 4.98 Å². The molecule has 4 nitrogen and oxygen atoms in total. The summed E-state index contributed by atoms with van der Waals surface area (Å²) >= 11 is 1.70. The fourth-order valence-corrected chi connectivity index (χ4v) is 3.57. The van der Waals surface area contributed by atoms with Crippen molar-refractivity contribution in [2.45, 2.75) is 25.2 Å². The molecular weight excluding hydrogens is 248 g/mol. The van der Waals surface area contributed by atoms with Crippen LogP contribution in [-0.4, -0.2) is 42.1 Å². The molecule has 0 bridgehead atoms. The first-order valence-corrected chi connectivity index (χ1v) is 7.48. The third kappa shape index (κ3) is 2.42. The summed E-state index contributed by atoms with van der Waals surface area (Å²) in [6.07, 6.45) is 4.98. The Hall–Kier alpha value is -0.940. The van der Waals surface area contributed by atoms with Crippen LogP contribution in [0.3, 0.4) is 0 Å². The number of nitrogens with zero attached hydrogens (tertiary/aromatic N) is 2. The van der Waals surface area contributed by atoms with E-state index in [-0.39, 0.29) is 11.8 Å². The highest BCUT2D eigenvalue weighted by Crippen LogP contribution is 2.29. The topological polar surface area (TPSA) is 42.4 Å². The minimum absolute atomic E-state index is 0.0973. The molecule has 2 aliphatic rings. The van der Waals surface area contributed by atoms with E-state index in [4.69, 9.17) is 4.74 Å². The van der Waals surface area contributed by atoms with Crippen LogP contribution < -0.4 is 0 Å². The van der Waals surface area contributed by atoms with Crippen molar-refractivity contribution in [2.75, 3.05) is 26.3 Å². The summed E-state index contributed by atoms with van der Waals surface area (Å²) in [7, 11) is 0. The number of hydrogen-bond acceptors (Lipinski definition) is 4. The maximum absolute atomic E-state index is 12.3. The third-order valence-electron chi connectivity index (χ3n) is 3.81. The quantitative estimate of drug-likeness (QED) is 0.821. The van der Waals surface area contributed by atoms with Crippen LogP contribution in [0.15, 0.2) is 11.6 Å². The Morgan fingerprint density at radius 1 is 1.50 bits per heavy atom. The van der Waals surface area contributed by atoms with Crippen molar-refractivity contribution in [3.8, 4) is 0 Å². The molecule has 3 rings (SSSR count). The van der Waals surface area contributed by atoms with Crippen molar-refractivity contribution in [1.82, 2.24) is 9.88 Å². The first kappa shape index (κ1) is 12.1. The van der Waals surface area contributed by atoms with Crippen LogP contribution in [0.5, 0.6) is 0 Å². The van der Waals surface area contributed by atoms with E-state index < -0.39 is 0 Å². The zero-order valence-electron chi connectivity index (χ0n) is 10.4. The Bertz CT molecular complexity index is 401. The molecule has 1 aromatic rings. The number of amides is 1. The molecule has 2 aliphatic heterocycles. The average molecular weight is 266 g/mol. The van der Waals surface area contributed by atoms with Crippen molar-refractivity contribution in [1.29, 1.82) is 0 Å². The first-order chi connectivity index (χ1) is 8.84. The molecule has 2 fully saturated rings. The Labute approximate surface area is 111 Å². The first-order valence-electron chi connectivity index (χ1n) is 6.60. The van der Waals surface area contributed by atoms with Gasteiger partial charge in [-0.3, -0.25) is 4.79 Å². The molecule has 1 aromatic heterocycles. The Morgan fingerprint density at radius 3 is 3.17 bits per heavy atom. The number of carbonyl (C=O) groups excluding carboxylic acids is 1. The van der Waals surface area contributed by atoms with E-state index in [1.807, 2.05) is 16.5 Å². The van der Waals surface area contributed by atoms with Gasteiger partial charge in [-0.15, -0.1) is 11.3 Å². The monoisotopic (exact) mass is 266 g/mol. The van der Waals surface area contributed by atoms with Gasteiger partial charge in [-0.25, -0.2) is 4.98 Å². The van der Waals surface area contributed by atoms with Crippen LogP contribution in [0.25, 0.3) is 0 Å². The normalized spacial score (nSPS) is 28.6. The predicted octanol–water partition coefficient (Wildman–Crippen LogP) is 1.89. The molecule has 0 aromatic carbocycles. The highest BCUT2D eigenvalue weighted by atomic mass is 32.1. The van der Waals surface area contributed by atoms with Crippen LogP contribution in [0, 0.1) is 5.92 Å². The molecule has 1 amide bonds. The van der Waals surface area contributed by atoms with Crippen molar-refractivity contribution in [2.24, 2.45) is 5.92 Å². The number of ether oxygens (including phenoxy) is 1. The molecule has 0 unspecified atom stereocenters. The van der Waals surface area contributed by atoms with E-state index in [0.717, 1.165) is 39.0 Å². The second kappa shape index (κ2) is 5.36. The van der Waals surface area contributed by atoms with Gasteiger partial charge < -0.3 is 9.64 Å². The van der Waals surface area contributed by atoms with Gasteiger partial charge in [0.2, 0.25) is 5.91 Å². The van der Waals surface area contributed by atoms with Gasteiger partial charge in [-0.05, 0) is 19.3 Å². The maximum Gasteiger partial charge on any atom is 0.228 e. The summed E-state index contributed by atoms with van der Waals surface area (Å²) in [5.74, 6) is 0.818. The lowest BCUT2D eigenvalue weighted by Gasteiger charge is -2.33. The van der Waals surface area contributed by atoms with Crippen molar-refractivity contribution < 1.29 is 9.53 Å². The summed E-state index contributed by atoms with van der Waals surface area (Å²) < 4.78 is 5.31. The van der Waals surface area contributed by atoms with Crippen LogP contribution >= 0.6 is 11.3 Å². The molecule has 5 heteroatoms. The van der Waals surface area contributed by atoms with Gasteiger partial charge in [0.25, 0.3) is 0 Å². The summed E-state index contributed by atoms with van der Waals surface area (Å²) in [6, 6.07) is 0. The molecule has 2 saturated heterocycles. The SMILES string of the molecule is O=C([C@@H]1CCOC1)N1CCC[C@H](c2nccs2)C1. The van der Waals surface area contributed by atoms with E-state index in [9.17, 15) is 4.79 Å². The molecule has 3 heterocycles. The number of thiazole rings is 1. The van der Waals surface area contributed by atoms with Gasteiger partial charge >= 0.3 is 0 Å².